The number of hydrogen-bond acceptors (Lipinski definition) is 7. The van der Waals surface area contributed by atoms with Crippen LogP contribution in [0.15, 0.2) is 36.7 Å². The van der Waals surface area contributed by atoms with Crippen LogP contribution in [0.3, 0.4) is 0 Å². The molecule has 4 heterocycles. The number of carbonyl (C=O) groups is 2. The van der Waals surface area contributed by atoms with Gasteiger partial charge in [-0.25, -0.2) is 4.39 Å². The summed E-state index contributed by atoms with van der Waals surface area (Å²) in [5.41, 5.74) is 2.56. The summed E-state index contributed by atoms with van der Waals surface area (Å²) in [6.45, 7) is 0.807. The number of carbonyl (C=O) groups excluding carboxylic acids is 2. The van der Waals surface area contributed by atoms with E-state index in [2.05, 4.69) is 20.6 Å². The van der Waals surface area contributed by atoms with Gasteiger partial charge in [-0.2, -0.15) is 0 Å². The van der Waals surface area contributed by atoms with Crippen LogP contribution in [0.2, 0.25) is 5.02 Å². The Balaban J connectivity index is 1.58. The minimum atomic E-state index is -0.571. The van der Waals surface area contributed by atoms with E-state index in [4.69, 9.17) is 25.8 Å². The standard InChI is InChI=1S/C25H24ClFN4O5/c1-34-24-17(26)3-2-4-19(24)30-23-20-21(31-22(23)16-5-6-28-9-18(16)27)13(8-29-25(20)33)7-14-11-36-15(10-32)12-35-14/h2-6,9-10,13-15,30-31H,7-8,11-12H2,1H3,(H,29,33)/t13?,14-,15+/m1/s1. The van der Waals surface area contributed by atoms with Crippen LogP contribution in [0.1, 0.15) is 28.4 Å². The van der Waals surface area contributed by atoms with Gasteiger partial charge in [0.25, 0.3) is 5.91 Å². The average molecular weight is 515 g/mol. The minimum absolute atomic E-state index is 0.167. The zero-order chi connectivity index (χ0) is 25.2. The van der Waals surface area contributed by atoms with Crippen molar-refractivity contribution in [3.05, 3.63) is 58.8 Å². The van der Waals surface area contributed by atoms with Gasteiger partial charge < -0.3 is 34.6 Å². The lowest BCUT2D eigenvalue weighted by atomic mass is 9.91. The smallest absolute Gasteiger partial charge is 0.255 e. The number of para-hydroxylation sites is 1. The molecule has 9 nitrogen and oxygen atoms in total. The molecule has 0 aliphatic carbocycles. The molecule has 0 bridgehead atoms. The van der Waals surface area contributed by atoms with Crippen molar-refractivity contribution in [1.29, 1.82) is 0 Å². The van der Waals surface area contributed by atoms with E-state index in [1.54, 1.807) is 18.2 Å². The van der Waals surface area contributed by atoms with Crippen molar-refractivity contribution in [2.75, 3.05) is 32.2 Å². The number of aromatic nitrogens is 2. The van der Waals surface area contributed by atoms with Crippen LogP contribution in [0.4, 0.5) is 15.8 Å². The molecule has 3 aromatic rings. The minimum Gasteiger partial charge on any atom is -0.493 e. The zero-order valence-electron chi connectivity index (χ0n) is 19.3. The number of nitrogens with one attached hydrogen (secondary N) is 3. The van der Waals surface area contributed by atoms with Crippen LogP contribution in [0.5, 0.6) is 5.75 Å². The third kappa shape index (κ3) is 4.55. The quantitative estimate of drug-likeness (QED) is 0.411. The van der Waals surface area contributed by atoms with E-state index in [9.17, 15) is 14.0 Å². The predicted octanol–water partition coefficient (Wildman–Crippen LogP) is 3.82. The second kappa shape index (κ2) is 10.3. The molecule has 36 heavy (non-hydrogen) atoms. The van der Waals surface area contributed by atoms with Crippen LogP contribution in [0.25, 0.3) is 11.3 Å². The highest BCUT2D eigenvalue weighted by atomic mass is 35.5. The van der Waals surface area contributed by atoms with Gasteiger partial charge in [0.2, 0.25) is 0 Å². The maximum Gasteiger partial charge on any atom is 0.255 e. The Morgan fingerprint density at radius 3 is 2.89 bits per heavy atom. The molecule has 0 spiro atoms. The Bertz CT molecular complexity index is 1290. The van der Waals surface area contributed by atoms with E-state index in [-0.39, 0.29) is 36.7 Å². The van der Waals surface area contributed by atoms with Gasteiger partial charge in [-0.05, 0) is 24.6 Å². The number of nitrogens with zero attached hydrogens (tertiary/aromatic N) is 1. The van der Waals surface area contributed by atoms with Gasteiger partial charge in [0, 0.05) is 29.9 Å². The van der Waals surface area contributed by atoms with Crippen LogP contribution in [-0.4, -0.2) is 61.2 Å². The third-order valence-corrected chi connectivity index (χ3v) is 6.64. The molecule has 0 radical (unpaired) electrons. The van der Waals surface area contributed by atoms with Crippen molar-refractivity contribution in [2.45, 2.75) is 24.5 Å². The first-order valence-corrected chi connectivity index (χ1v) is 11.8. The molecule has 0 saturated carbocycles. The van der Waals surface area contributed by atoms with Gasteiger partial charge in [-0.3, -0.25) is 9.78 Å². The van der Waals surface area contributed by atoms with E-state index in [0.29, 0.717) is 52.1 Å². The normalized spacial score (nSPS) is 21.4. The van der Waals surface area contributed by atoms with Crippen molar-refractivity contribution in [3.63, 3.8) is 0 Å². The monoisotopic (exact) mass is 514 g/mol. The summed E-state index contributed by atoms with van der Waals surface area (Å²) in [6, 6.07) is 6.73. The van der Waals surface area contributed by atoms with Crippen molar-refractivity contribution >= 4 is 35.2 Å². The second-order valence-electron chi connectivity index (χ2n) is 8.57. The van der Waals surface area contributed by atoms with E-state index in [1.165, 1.54) is 19.4 Å². The summed E-state index contributed by atoms with van der Waals surface area (Å²) in [7, 11) is 1.49. The maximum atomic E-state index is 14.9. The zero-order valence-corrected chi connectivity index (χ0v) is 20.1. The molecular formula is C25H24ClFN4O5. The van der Waals surface area contributed by atoms with E-state index in [1.807, 2.05) is 0 Å². The second-order valence-corrected chi connectivity index (χ2v) is 8.98. The van der Waals surface area contributed by atoms with Gasteiger partial charge in [0.05, 0.1) is 60.3 Å². The van der Waals surface area contributed by atoms with Crippen LogP contribution in [0, 0.1) is 5.82 Å². The summed E-state index contributed by atoms with van der Waals surface area (Å²) >= 11 is 6.31. The molecule has 5 rings (SSSR count). The number of hydrogen-bond donors (Lipinski definition) is 3. The third-order valence-electron chi connectivity index (χ3n) is 6.34. The molecule has 3 N–H and O–H groups in total. The van der Waals surface area contributed by atoms with Crippen molar-refractivity contribution in [3.8, 4) is 17.0 Å². The molecule has 1 aromatic carbocycles. The number of fused-ring (bicyclic) bond motifs is 1. The van der Waals surface area contributed by atoms with Gasteiger partial charge in [-0.15, -0.1) is 0 Å². The average Bonchev–Trinajstić information content (AvgIpc) is 3.26. The topological polar surface area (TPSA) is 115 Å². The molecule has 3 atom stereocenters. The van der Waals surface area contributed by atoms with Crippen molar-refractivity contribution in [1.82, 2.24) is 15.3 Å². The molecule has 1 amide bonds. The molecule has 1 fully saturated rings. The molecule has 2 aliphatic heterocycles. The highest BCUT2D eigenvalue weighted by Crippen LogP contribution is 2.43. The number of aldehydes is 1. The lowest BCUT2D eigenvalue weighted by molar-refractivity contribution is -0.149. The molecule has 2 aliphatic rings. The fraction of sp³-hybridized carbons (Fsp3) is 0.320. The first-order valence-electron chi connectivity index (χ1n) is 11.4. The van der Waals surface area contributed by atoms with E-state index < -0.39 is 11.9 Å². The van der Waals surface area contributed by atoms with Gasteiger partial charge in [0.1, 0.15) is 6.10 Å². The summed E-state index contributed by atoms with van der Waals surface area (Å²) in [4.78, 5) is 31.2. The number of methoxy groups -OCH3 is 1. The SMILES string of the molecule is COc1c(Cl)cccc1Nc1c(-c2ccncc2F)[nH]c2c1C(=O)NCC2C[C@@H]1CO[C@@H](C=O)CO1. The number of halogens is 2. The first-order chi connectivity index (χ1) is 17.5. The largest absolute Gasteiger partial charge is 0.493 e. The number of amides is 1. The number of H-pyrrole nitrogens is 1. The van der Waals surface area contributed by atoms with Gasteiger partial charge >= 0.3 is 0 Å². The van der Waals surface area contributed by atoms with Crippen molar-refractivity contribution < 1.29 is 28.2 Å². The summed E-state index contributed by atoms with van der Waals surface area (Å²) < 4.78 is 31.7. The fourth-order valence-corrected chi connectivity index (χ4v) is 4.86. The predicted molar refractivity (Wildman–Crippen MR) is 131 cm³/mol. The number of ether oxygens (including phenoxy) is 3. The molecule has 1 unspecified atom stereocenters. The van der Waals surface area contributed by atoms with Crippen LogP contribution < -0.4 is 15.4 Å². The summed E-state index contributed by atoms with van der Waals surface area (Å²) in [6.07, 6.45) is 3.01. The summed E-state index contributed by atoms with van der Waals surface area (Å²) in [5.74, 6) is -0.623. The van der Waals surface area contributed by atoms with Gasteiger partial charge in [-0.1, -0.05) is 17.7 Å². The maximum absolute atomic E-state index is 14.9. The molecule has 11 heteroatoms. The first kappa shape index (κ1) is 24.2. The van der Waals surface area contributed by atoms with E-state index in [0.717, 1.165) is 12.5 Å². The lowest BCUT2D eigenvalue weighted by Gasteiger charge is -2.31. The highest BCUT2D eigenvalue weighted by Gasteiger charge is 2.36. The number of anilines is 2. The number of pyridine rings is 1. The Morgan fingerprint density at radius 1 is 1.31 bits per heavy atom. The van der Waals surface area contributed by atoms with Crippen molar-refractivity contribution in [2.24, 2.45) is 0 Å². The molecule has 1 saturated heterocycles. The highest BCUT2D eigenvalue weighted by molar-refractivity contribution is 6.32. The Hall–Kier alpha value is -3.47. The Kier molecular flexibility index (Phi) is 6.90. The molecule has 2 aromatic heterocycles. The van der Waals surface area contributed by atoms with Gasteiger partial charge in [0.15, 0.2) is 17.9 Å². The molecule has 188 valence electrons. The summed E-state index contributed by atoms with van der Waals surface area (Å²) in [5, 5.41) is 6.56. The number of aromatic amines is 1. The Morgan fingerprint density at radius 2 is 2.17 bits per heavy atom. The van der Waals surface area contributed by atoms with Crippen LogP contribution in [-0.2, 0) is 14.3 Å². The molecular weight excluding hydrogens is 491 g/mol. The number of benzene rings is 1. The van der Waals surface area contributed by atoms with E-state index >= 15 is 0 Å². The fourth-order valence-electron chi connectivity index (χ4n) is 4.61. The lowest BCUT2D eigenvalue weighted by Crippen LogP contribution is -2.40. The van der Waals surface area contributed by atoms with Crippen LogP contribution >= 0.6 is 11.6 Å². The number of rotatable bonds is 7. The Labute approximate surface area is 211 Å².